The van der Waals surface area contributed by atoms with Gasteiger partial charge in [0.15, 0.2) is 0 Å². The van der Waals surface area contributed by atoms with Crippen molar-refractivity contribution in [2.45, 2.75) is 26.7 Å². The molecular formula is C12H19N3O3. The molecule has 100 valence electrons. The molecule has 1 heterocycles. The maximum atomic E-state index is 11.0. The van der Waals surface area contributed by atoms with Gasteiger partial charge in [-0.25, -0.2) is 14.8 Å². The van der Waals surface area contributed by atoms with Crippen LogP contribution in [0.25, 0.3) is 0 Å². The standard InChI is InChI=1S/C12H19N3O3/c1-4-18-6-5-13-11-9(12(16)17)7-14-10(15-11)8(2)3/h7-8H,4-6H2,1-3H3,(H,16,17)(H,13,14,15). The van der Waals surface area contributed by atoms with E-state index in [0.29, 0.717) is 31.4 Å². The first-order valence-electron chi connectivity index (χ1n) is 5.98. The van der Waals surface area contributed by atoms with Crippen LogP contribution in [0.1, 0.15) is 42.9 Å². The molecule has 0 saturated carbocycles. The summed E-state index contributed by atoms with van der Waals surface area (Å²) < 4.78 is 5.18. The third-order valence-electron chi connectivity index (χ3n) is 2.30. The van der Waals surface area contributed by atoms with Crippen LogP contribution in [-0.4, -0.2) is 40.8 Å². The van der Waals surface area contributed by atoms with Gasteiger partial charge in [0.1, 0.15) is 17.2 Å². The highest BCUT2D eigenvalue weighted by Gasteiger charge is 2.14. The van der Waals surface area contributed by atoms with Crippen molar-refractivity contribution in [2.24, 2.45) is 0 Å². The Balaban J connectivity index is 2.83. The molecule has 0 amide bonds. The fourth-order valence-corrected chi connectivity index (χ4v) is 1.35. The molecule has 0 atom stereocenters. The van der Waals surface area contributed by atoms with Crippen LogP contribution >= 0.6 is 0 Å². The normalized spacial score (nSPS) is 10.7. The number of nitrogens with zero attached hydrogens (tertiary/aromatic N) is 2. The number of hydrogen-bond donors (Lipinski definition) is 2. The van der Waals surface area contributed by atoms with Crippen LogP contribution in [0.2, 0.25) is 0 Å². The fourth-order valence-electron chi connectivity index (χ4n) is 1.35. The number of aromatic nitrogens is 2. The Morgan fingerprint density at radius 2 is 2.28 bits per heavy atom. The smallest absolute Gasteiger partial charge is 0.341 e. The van der Waals surface area contributed by atoms with Crippen molar-refractivity contribution < 1.29 is 14.6 Å². The lowest BCUT2D eigenvalue weighted by atomic mass is 10.2. The molecule has 6 nitrogen and oxygen atoms in total. The van der Waals surface area contributed by atoms with E-state index in [9.17, 15) is 4.79 Å². The van der Waals surface area contributed by atoms with E-state index < -0.39 is 5.97 Å². The number of carbonyl (C=O) groups is 1. The largest absolute Gasteiger partial charge is 0.477 e. The summed E-state index contributed by atoms with van der Waals surface area (Å²) in [5.41, 5.74) is 0.0795. The van der Waals surface area contributed by atoms with Crippen LogP contribution in [0, 0.1) is 0 Å². The molecule has 0 fully saturated rings. The topological polar surface area (TPSA) is 84.3 Å². The summed E-state index contributed by atoms with van der Waals surface area (Å²) in [5, 5.41) is 12.0. The van der Waals surface area contributed by atoms with Crippen molar-refractivity contribution >= 4 is 11.8 Å². The number of carboxylic acid groups (broad SMARTS) is 1. The first-order chi connectivity index (χ1) is 8.56. The first kappa shape index (κ1) is 14.4. The molecule has 6 heteroatoms. The lowest BCUT2D eigenvalue weighted by Crippen LogP contribution is -2.15. The summed E-state index contributed by atoms with van der Waals surface area (Å²) in [4.78, 5) is 19.3. The predicted octanol–water partition coefficient (Wildman–Crippen LogP) is 1.75. The average molecular weight is 253 g/mol. The van der Waals surface area contributed by atoms with Gasteiger partial charge in [0.2, 0.25) is 0 Å². The third kappa shape index (κ3) is 3.96. The second-order valence-electron chi connectivity index (χ2n) is 4.07. The Kier molecular flexibility index (Phi) is 5.51. The number of carboxylic acids is 1. The lowest BCUT2D eigenvalue weighted by molar-refractivity contribution is 0.0697. The van der Waals surface area contributed by atoms with E-state index >= 15 is 0 Å². The molecule has 1 aromatic rings. The number of aromatic carboxylic acids is 1. The highest BCUT2D eigenvalue weighted by atomic mass is 16.5. The van der Waals surface area contributed by atoms with Gasteiger partial charge in [-0.15, -0.1) is 0 Å². The Morgan fingerprint density at radius 1 is 1.56 bits per heavy atom. The van der Waals surface area contributed by atoms with Gasteiger partial charge in [-0.1, -0.05) is 13.8 Å². The SMILES string of the molecule is CCOCCNc1nc(C(C)C)ncc1C(=O)O. The van der Waals surface area contributed by atoms with Crippen LogP contribution in [0.4, 0.5) is 5.82 Å². The van der Waals surface area contributed by atoms with Gasteiger partial charge in [0, 0.05) is 25.3 Å². The van der Waals surface area contributed by atoms with Gasteiger partial charge < -0.3 is 15.2 Å². The van der Waals surface area contributed by atoms with Gasteiger partial charge in [-0.3, -0.25) is 0 Å². The summed E-state index contributed by atoms with van der Waals surface area (Å²) in [6.07, 6.45) is 1.34. The molecule has 0 aliphatic rings. The summed E-state index contributed by atoms with van der Waals surface area (Å²) in [6, 6.07) is 0. The van der Waals surface area contributed by atoms with Crippen molar-refractivity contribution in [3.8, 4) is 0 Å². The maximum absolute atomic E-state index is 11.0. The fraction of sp³-hybridized carbons (Fsp3) is 0.583. The Bertz CT molecular complexity index is 408. The van der Waals surface area contributed by atoms with Gasteiger partial charge in [-0.05, 0) is 6.92 Å². The van der Waals surface area contributed by atoms with E-state index in [1.165, 1.54) is 6.20 Å². The molecule has 0 spiro atoms. The van der Waals surface area contributed by atoms with Gasteiger partial charge in [0.05, 0.1) is 6.61 Å². The first-order valence-corrected chi connectivity index (χ1v) is 5.98. The molecule has 18 heavy (non-hydrogen) atoms. The molecule has 0 aliphatic heterocycles. The zero-order valence-corrected chi connectivity index (χ0v) is 10.9. The molecule has 1 rings (SSSR count). The summed E-state index contributed by atoms with van der Waals surface area (Å²) in [6.45, 7) is 7.48. The van der Waals surface area contributed by atoms with Crippen LogP contribution in [0.15, 0.2) is 6.20 Å². The number of ether oxygens (including phenoxy) is 1. The van der Waals surface area contributed by atoms with Gasteiger partial charge >= 0.3 is 5.97 Å². The van der Waals surface area contributed by atoms with Crippen molar-refractivity contribution in [1.29, 1.82) is 0 Å². The van der Waals surface area contributed by atoms with Crippen LogP contribution in [0.5, 0.6) is 0 Å². The minimum absolute atomic E-state index is 0.0795. The van der Waals surface area contributed by atoms with E-state index in [-0.39, 0.29) is 11.5 Å². The zero-order chi connectivity index (χ0) is 13.5. The van der Waals surface area contributed by atoms with E-state index in [4.69, 9.17) is 9.84 Å². The van der Waals surface area contributed by atoms with Crippen molar-refractivity contribution in [3.05, 3.63) is 17.6 Å². The summed E-state index contributed by atoms with van der Waals surface area (Å²) >= 11 is 0. The Hall–Kier alpha value is -1.69. The number of nitrogens with one attached hydrogen (secondary N) is 1. The molecule has 0 aromatic carbocycles. The predicted molar refractivity (Wildman–Crippen MR) is 68.1 cm³/mol. The van der Waals surface area contributed by atoms with E-state index in [1.54, 1.807) is 0 Å². The lowest BCUT2D eigenvalue weighted by Gasteiger charge is -2.11. The van der Waals surface area contributed by atoms with Crippen molar-refractivity contribution in [2.75, 3.05) is 25.1 Å². The number of rotatable bonds is 7. The highest BCUT2D eigenvalue weighted by Crippen LogP contribution is 2.16. The number of anilines is 1. The van der Waals surface area contributed by atoms with Gasteiger partial charge in [-0.2, -0.15) is 0 Å². The number of hydrogen-bond acceptors (Lipinski definition) is 5. The van der Waals surface area contributed by atoms with Crippen molar-refractivity contribution in [3.63, 3.8) is 0 Å². The van der Waals surface area contributed by atoms with E-state index in [0.717, 1.165) is 0 Å². The molecule has 0 aliphatic carbocycles. The van der Waals surface area contributed by atoms with E-state index in [1.807, 2.05) is 20.8 Å². The molecule has 0 saturated heterocycles. The van der Waals surface area contributed by atoms with Crippen LogP contribution in [-0.2, 0) is 4.74 Å². The molecular weight excluding hydrogens is 234 g/mol. The highest BCUT2D eigenvalue weighted by molar-refractivity contribution is 5.92. The minimum atomic E-state index is -1.04. The van der Waals surface area contributed by atoms with Gasteiger partial charge in [0.25, 0.3) is 0 Å². The molecule has 2 N–H and O–H groups in total. The maximum Gasteiger partial charge on any atom is 0.341 e. The second-order valence-corrected chi connectivity index (χ2v) is 4.07. The molecule has 0 bridgehead atoms. The van der Waals surface area contributed by atoms with E-state index in [2.05, 4.69) is 15.3 Å². The summed E-state index contributed by atoms with van der Waals surface area (Å²) in [7, 11) is 0. The molecule has 1 aromatic heterocycles. The Morgan fingerprint density at radius 3 is 2.83 bits per heavy atom. The molecule has 0 unspecified atom stereocenters. The quantitative estimate of drug-likeness (QED) is 0.720. The molecule has 0 radical (unpaired) electrons. The second kappa shape index (κ2) is 6.90. The zero-order valence-electron chi connectivity index (χ0n) is 10.9. The average Bonchev–Trinajstić information content (AvgIpc) is 2.34. The minimum Gasteiger partial charge on any atom is -0.477 e. The van der Waals surface area contributed by atoms with Crippen LogP contribution < -0.4 is 5.32 Å². The Labute approximate surface area is 106 Å². The van der Waals surface area contributed by atoms with Crippen LogP contribution in [0.3, 0.4) is 0 Å². The van der Waals surface area contributed by atoms with Crippen molar-refractivity contribution in [1.82, 2.24) is 9.97 Å². The third-order valence-corrected chi connectivity index (χ3v) is 2.30. The summed E-state index contributed by atoms with van der Waals surface area (Å²) in [5.74, 6) is 0.0873. The monoisotopic (exact) mass is 253 g/mol.